The molecule has 4 nitrogen and oxygen atoms in total. The van der Waals surface area contributed by atoms with Gasteiger partial charge in [0.15, 0.2) is 5.82 Å². The first-order chi connectivity index (χ1) is 14.4. The smallest absolute Gasteiger partial charge is 0.156 e. The molecule has 1 fully saturated rings. The highest BCUT2D eigenvalue weighted by atomic mass is 19.1. The number of benzene rings is 3. The fourth-order valence-corrected chi connectivity index (χ4v) is 3.43. The first-order valence-electron chi connectivity index (χ1n) is 10.0. The van der Waals surface area contributed by atoms with Crippen molar-refractivity contribution in [2.24, 2.45) is 5.84 Å². The Balaban J connectivity index is 0.000000310. The number of nitrogens with two attached hydrogens (primary N) is 2. The van der Waals surface area contributed by atoms with E-state index in [-0.39, 0.29) is 16.9 Å². The monoisotopic (exact) mass is 410 g/mol. The van der Waals surface area contributed by atoms with E-state index in [1.54, 1.807) is 0 Å². The summed E-state index contributed by atoms with van der Waals surface area (Å²) in [5.74, 6) is 4.60. The number of hydrogen-bond donors (Lipinski definition) is 2. The minimum atomic E-state index is -0.742. The summed E-state index contributed by atoms with van der Waals surface area (Å²) in [7, 11) is 0. The van der Waals surface area contributed by atoms with Crippen LogP contribution in [0, 0.1) is 25.5 Å². The lowest BCUT2D eigenvalue weighted by molar-refractivity contribution is 0.569. The summed E-state index contributed by atoms with van der Waals surface area (Å²) in [4.78, 5) is 2.29. The molecule has 0 unspecified atom stereocenters. The number of anilines is 4. The molecule has 0 atom stereocenters. The molecule has 0 radical (unpaired) electrons. The molecule has 1 saturated heterocycles. The molecular weight excluding hydrogens is 382 g/mol. The fraction of sp³-hybridized carbons (Fsp3) is 0.250. The zero-order chi connectivity index (χ0) is 21.7. The van der Waals surface area contributed by atoms with E-state index in [1.807, 2.05) is 42.5 Å². The number of nitrogens with zero attached hydrogens (tertiary/aromatic N) is 2. The number of hydrazine groups is 1. The van der Waals surface area contributed by atoms with E-state index in [0.29, 0.717) is 5.69 Å². The van der Waals surface area contributed by atoms with Crippen molar-refractivity contribution in [2.45, 2.75) is 26.7 Å². The molecule has 0 aromatic heterocycles. The predicted molar refractivity (Wildman–Crippen MR) is 121 cm³/mol. The van der Waals surface area contributed by atoms with Crippen LogP contribution in [0.1, 0.15) is 24.0 Å². The Morgan fingerprint density at radius 3 is 2.03 bits per heavy atom. The summed E-state index contributed by atoms with van der Waals surface area (Å²) in [5.41, 5.74) is 8.63. The van der Waals surface area contributed by atoms with Crippen LogP contribution in [0.5, 0.6) is 0 Å². The summed E-state index contributed by atoms with van der Waals surface area (Å²) in [6.45, 7) is 5.53. The Morgan fingerprint density at radius 1 is 0.900 bits per heavy atom. The van der Waals surface area contributed by atoms with E-state index >= 15 is 0 Å². The van der Waals surface area contributed by atoms with E-state index in [9.17, 15) is 8.78 Å². The van der Waals surface area contributed by atoms with Crippen LogP contribution in [0.15, 0.2) is 60.7 Å². The summed E-state index contributed by atoms with van der Waals surface area (Å²) in [6, 6.07) is 18.9. The van der Waals surface area contributed by atoms with E-state index in [0.717, 1.165) is 29.9 Å². The highest BCUT2D eigenvalue weighted by Gasteiger charge is 2.20. The molecule has 4 rings (SSSR count). The Kier molecular flexibility index (Phi) is 6.90. The Hall–Kier alpha value is -3.12. The van der Waals surface area contributed by atoms with Gasteiger partial charge in [-0.25, -0.2) is 14.6 Å². The van der Waals surface area contributed by atoms with Crippen LogP contribution in [-0.4, -0.2) is 13.1 Å². The maximum absolute atomic E-state index is 14.3. The molecule has 3 aromatic rings. The molecule has 1 aliphatic rings. The maximum Gasteiger partial charge on any atom is 0.156 e. The van der Waals surface area contributed by atoms with Crippen LogP contribution in [0.3, 0.4) is 0 Å². The number of halogens is 2. The zero-order valence-corrected chi connectivity index (χ0v) is 17.4. The zero-order valence-electron chi connectivity index (χ0n) is 17.4. The van der Waals surface area contributed by atoms with E-state index in [1.165, 1.54) is 25.3 Å². The molecule has 0 bridgehead atoms. The number of nitrogen functional groups attached to an aromatic ring is 1. The van der Waals surface area contributed by atoms with Crippen molar-refractivity contribution in [1.29, 1.82) is 0 Å². The highest BCUT2D eigenvalue weighted by molar-refractivity contribution is 5.76. The molecule has 0 aliphatic carbocycles. The van der Waals surface area contributed by atoms with Gasteiger partial charge >= 0.3 is 0 Å². The predicted octanol–water partition coefficient (Wildman–Crippen LogP) is 5.46. The van der Waals surface area contributed by atoms with E-state index in [4.69, 9.17) is 11.6 Å². The molecule has 30 heavy (non-hydrogen) atoms. The van der Waals surface area contributed by atoms with Gasteiger partial charge in [-0.15, -0.1) is 0 Å². The molecule has 6 heteroatoms. The second-order valence-electron chi connectivity index (χ2n) is 7.47. The highest BCUT2D eigenvalue weighted by Crippen LogP contribution is 2.34. The Morgan fingerprint density at radius 2 is 1.50 bits per heavy atom. The van der Waals surface area contributed by atoms with Crippen LogP contribution >= 0.6 is 0 Å². The second kappa shape index (κ2) is 9.59. The third kappa shape index (κ3) is 4.89. The van der Waals surface area contributed by atoms with Crippen LogP contribution in [0.2, 0.25) is 0 Å². The molecule has 0 spiro atoms. The summed E-state index contributed by atoms with van der Waals surface area (Å²) in [6.07, 6.45) is 2.39. The largest absolute Gasteiger partial charge is 0.397 e. The summed E-state index contributed by atoms with van der Waals surface area (Å²) >= 11 is 0. The van der Waals surface area contributed by atoms with Crippen molar-refractivity contribution in [2.75, 3.05) is 28.7 Å². The fourth-order valence-electron chi connectivity index (χ4n) is 3.43. The van der Waals surface area contributed by atoms with Crippen LogP contribution in [0.25, 0.3) is 0 Å². The number of rotatable bonds is 3. The van der Waals surface area contributed by atoms with Crippen LogP contribution in [0.4, 0.5) is 31.5 Å². The quantitative estimate of drug-likeness (QED) is 0.342. The van der Waals surface area contributed by atoms with Crippen molar-refractivity contribution in [1.82, 2.24) is 0 Å². The van der Waals surface area contributed by atoms with Gasteiger partial charge in [0, 0.05) is 24.3 Å². The minimum absolute atomic E-state index is 0.0159. The molecule has 158 valence electrons. The van der Waals surface area contributed by atoms with Crippen molar-refractivity contribution in [3.05, 3.63) is 83.4 Å². The summed E-state index contributed by atoms with van der Waals surface area (Å²) in [5, 5.41) is 1.16. The number of hydrogen-bond acceptors (Lipinski definition) is 4. The van der Waals surface area contributed by atoms with Crippen LogP contribution < -0.4 is 21.5 Å². The van der Waals surface area contributed by atoms with Crippen molar-refractivity contribution in [3.63, 3.8) is 0 Å². The maximum atomic E-state index is 14.3. The lowest BCUT2D eigenvalue weighted by Crippen LogP contribution is -2.27. The Bertz CT molecular complexity index is 969. The normalized spacial score (nSPS) is 13.0. The van der Waals surface area contributed by atoms with Crippen molar-refractivity contribution >= 4 is 22.7 Å². The lowest BCUT2D eigenvalue weighted by atomic mass is 10.1. The van der Waals surface area contributed by atoms with Gasteiger partial charge in [0.1, 0.15) is 11.5 Å². The van der Waals surface area contributed by atoms with Gasteiger partial charge in [0.25, 0.3) is 0 Å². The average molecular weight is 411 g/mol. The van der Waals surface area contributed by atoms with Gasteiger partial charge in [-0.1, -0.05) is 35.9 Å². The molecule has 0 saturated carbocycles. The third-order valence-corrected chi connectivity index (χ3v) is 5.23. The van der Waals surface area contributed by atoms with Gasteiger partial charge in [0.05, 0.1) is 11.4 Å². The number of aryl methyl sites for hydroxylation is 1. The van der Waals surface area contributed by atoms with Crippen LogP contribution in [-0.2, 0) is 0 Å². The van der Waals surface area contributed by atoms with Gasteiger partial charge < -0.3 is 10.6 Å². The average Bonchev–Trinajstić information content (AvgIpc) is 3.28. The molecule has 4 N–H and O–H groups in total. The standard InChI is InChI=1S/C17H20F2N4.C7H8/c1-11-14(18)10-15(20)17(16(11)19)23(21)13-6-4-12(5-7-13)22-8-2-3-9-22;1-7-5-3-2-4-6-7/h4-7,10H,2-3,8-9,20-21H2,1H3;2-6H,1H3. The van der Waals surface area contributed by atoms with Crippen molar-refractivity contribution < 1.29 is 8.78 Å². The molecule has 1 heterocycles. The minimum Gasteiger partial charge on any atom is -0.397 e. The van der Waals surface area contributed by atoms with Gasteiger partial charge in [0.2, 0.25) is 0 Å². The molecule has 0 amide bonds. The van der Waals surface area contributed by atoms with Gasteiger partial charge in [-0.3, -0.25) is 5.01 Å². The first-order valence-corrected chi connectivity index (χ1v) is 10.0. The molecular formula is C24H28F2N4. The van der Waals surface area contributed by atoms with E-state index < -0.39 is 11.6 Å². The molecule has 3 aromatic carbocycles. The van der Waals surface area contributed by atoms with Gasteiger partial charge in [-0.2, -0.15) is 0 Å². The SMILES string of the molecule is Cc1c(F)cc(N)c(N(N)c2ccc(N3CCCC3)cc2)c1F.Cc1ccccc1. The first kappa shape index (κ1) is 21.6. The Labute approximate surface area is 176 Å². The lowest BCUT2D eigenvalue weighted by Gasteiger charge is -2.23. The van der Waals surface area contributed by atoms with Crippen molar-refractivity contribution in [3.8, 4) is 0 Å². The second-order valence-corrected chi connectivity index (χ2v) is 7.47. The van der Waals surface area contributed by atoms with E-state index in [2.05, 4.69) is 24.0 Å². The summed E-state index contributed by atoms with van der Waals surface area (Å²) < 4.78 is 27.9. The van der Waals surface area contributed by atoms with Gasteiger partial charge in [-0.05, 0) is 57.0 Å². The topological polar surface area (TPSA) is 58.5 Å². The molecule has 1 aliphatic heterocycles. The third-order valence-electron chi connectivity index (χ3n) is 5.23.